The third kappa shape index (κ3) is 3.14. The summed E-state index contributed by atoms with van der Waals surface area (Å²) in [6, 6.07) is 9.46. The van der Waals surface area contributed by atoms with Crippen molar-refractivity contribution in [2.24, 2.45) is 7.05 Å². The maximum Gasteiger partial charge on any atom is 0.252 e. The zero-order chi connectivity index (χ0) is 16.4. The number of para-hydroxylation sites is 1. The van der Waals surface area contributed by atoms with Gasteiger partial charge in [0.2, 0.25) is 0 Å². The van der Waals surface area contributed by atoms with Gasteiger partial charge in [-0.1, -0.05) is 18.2 Å². The highest BCUT2D eigenvalue weighted by Gasteiger charge is 2.12. The standard InChI is InChI=1S/C16H17N5OS/c1-10-9-12(11-5-3-4-6-13(11)18-10)15(22)17-8-7-14-19-20-16(23)21(14)2/h3-6,9H,7-8H2,1-2H3,(H,17,22)(H,20,23). The monoisotopic (exact) mass is 327 g/mol. The lowest BCUT2D eigenvalue weighted by molar-refractivity contribution is 0.0955. The second kappa shape index (κ2) is 6.29. The molecule has 2 aromatic heterocycles. The number of nitrogens with zero attached hydrogens (tertiary/aromatic N) is 3. The highest BCUT2D eigenvalue weighted by molar-refractivity contribution is 7.71. The molecule has 118 valence electrons. The van der Waals surface area contributed by atoms with Crippen LogP contribution in [-0.2, 0) is 13.5 Å². The topological polar surface area (TPSA) is 75.6 Å². The van der Waals surface area contributed by atoms with E-state index in [0.29, 0.717) is 23.3 Å². The van der Waals surface area contributed by atoms with Crippen molar-refractivity contribution in [1.82, 2.24) is 25.1 Å². The van der Waals surface area contributed by atoms with E-state index >= 15 is 0 Å². The number of hydrogen-bond acceptors (Lipinski definition) is 4. The molecule has 0 radical (unpaired) electrons. The number of carbonyl (C=O) groups is 1. The summed E-state index contributed by atoms with van der Waals surface area (Å²) in [5.41, 5.74) is 2.29. The van der Waals surface area contributed by atoms with E-state index in [1.54, 1.807) is 4.57 Å². The van der Waals surface area contributed by atoms with Crippen LogP contribution in [0.25, 0.3) is 10.9 Å². The summed E-state index contributed by atoms with van der Waals surface area (Å²) < 4.78 is 2.37. The Bertz CT molecular complexity index is 928. The van der Waals surface area contributed by atoms with E-state index in [0.717, 1.165) is 22.4 Å². The maximum absolute atomic E-state index is 12.5. The Morgan fingerprint density at radius 3 is 2.91 bits per heavy atom. The molecule has 3 aromatic rings. The predicted molar refractivity (Wildman–Crippen MR) is 90.9 cm³/mol. The van der Waals surface area contributed by atoms with Crippen LogP contribution in [0.1, 0.15) is 21.9 Å². The molecule has 0 saturated heterocycles. The van der Waals surface area contributed by atoms with Crippen LogP contribution in [0.4, 0.5) is 0 Å². The van der Waals surface area contributed by atoms with Crippen LogP contribution in [0.15, 0.2) is 30.3 Å². The summed E-state index contributed by atoms with van der Waals surface area (Å²) >= 11 is 5.07. The smallest absolute Gasteiger partial charge is 0.252 e. The third-order valence-electron chi connectivity index (χ3n) is 3.70. The third-order valence-corrected chi connectivity index (χ3v) is 4.06. The van der Waals surface area contributed by atoms with Gasteiger partial charge in [-0.2, -0.15) is 5.10 Å². The summed E-state index contributed by atoms with van der Waals surface area (Å²) in [6.45, 7) is 2.38. The van der Waals surface area contributed by atoms with E-state index in [1.165, 1.54) is 0 Å². The van der Waals surface area contributed by atoms with Crippen molar-refractivity contribution in [2.45, 2.75) is 13.3 Å². The first kappa shape index (κ1) is 15.4. The molecule has 6 nitrogen and oxygen atoms in total. The summed E-state index contributed by atoms with van der Waals surface area (Å²) in [4.78, 5) is 16.9. The normalized spacial score (nSPS) is 10.9. The number of pyridine rings is 1. The number of hydrogen-bond donors (Lipinski definition) is 2. The van der Waals surface area contributed by atoms with Gasteiger partial charge in [-0.3, -0.25) is 14.9 Å². The van der Waals surface area contributed by atoms with E-state index in [4.69, 9.17) is 12.2 Å². The highest BCUT2D eigenvalue weighted by atomic mass is 32.1. The van der Waals surface area contributed by atoms with E-state index < -0.39 is 0 Å². The lowest BCUT2D eigenvalue weighted by Crippen LogP contribution is -2.26. The van der Waals surface area contributed by atoms with E-state index in [-0.39, 0.29) is 5.91 Å². The van der Waals surface area contributed by atoms with Crippen molar-refractivity contribution in [3.63, 3.8) is 0 Å². The molecule has 1 amide bonds. The molecule has 0 aliphatic heterocycles. The van der Waals surface area contributed by atoms with Gasteiger partial charge in [0.05, 0.1) is 11.1 Å². The number of nitrogens with one attached hydrogen (secondary N) is 2. The number of carbonyl (C=O) groups excluding carboxylic acids is 1. The van der Waals surface area contributed by atoms with E-state index in [1.807, 2.05) is 44.3 Å². The maximum atomic E-state index is 12.5. The van der Waals surface area contributed by atoms with Gasteiger partial charge in [-0.05, 0) is 31.3 Å². The molecule has 3 rings (SSSR count). The molecule has 23 heavy (non-hydrogen) atoms. The first-order valence-corrected chi connectivity index (χ1v) is 7.72. The summed E-state index contributed by atoms with van der Waals surface area (Å²) in [6.07, 6.45) is 0.609. The molecule has 0 atom stereocenters. The molecular weight excluding hydrogens is 310 g/mol. The Hall–Kier alpha value is -2.54. The largest absolute Gasteiger partial charge is 0.352 e. The number of aryl methyl sites for hydroxylation is 1. The fourth-order valence-corrected chi connectivity index (χ4v) is 2.63. The van der Waals surface area contributed by atoms with Crippen molar-refractivity contribution >= 4 is 29.0 Å². The molecule has 2 N–H and O–H groups in total. The van der Waals surface area contributed by atoms with Gasteiger partial charge < -0.3 is 9.88 Å². The van der Waals surface area contributed by atoms with Crippen molar-refractivity contribution in [2.75, 3.05) is 6.54 Å². The summed E-state index contributed by atoms with van der Waals surface area (Å²) in [7, 11) is 1.85. The van der Waals surface area contributed by atoms with Gasteiger partial charge in [-0.25, -0.2) is 0 Å². The van der Waals surface area contributed by atoms with Gasteiger partial charge >= 0.3 is 0 Å². The van der Waals surface area contributed by atoms with Gasteiger partial charge in [0, 0.05) is 31.1 Å². The zero-order valence-electron chi connectivity index (χ0n) is 13.0. The minimum Gasteiger partial charge on any atom is -0.352 e. The quantitative estimate of drug-likeness (QED) is 0.721. The molecule has 0 aliphatic carbocycles. The highest BCUT2D eigenvalue weighted by Crippen LogP contribution is 2.18. The Morgan fingerprint density at radius 2 is 2.17 bits per heavy atom. The Labute approximate surface area is 138 Å². The minimum atomic E-state index is -0.108. The van der Waals surface area contributed by atoms with Crippen LogP contribution >= 0.6 is 12.2 Å². The second-order valence-electron chi connectivity index (χ2n) is 5.34. The van der Waals surface area contributed by atoms with Crippen LogP contribution in [0.5, 0.6) is 0 Å². The van der Waals surface area contributed by atoms with Crippen molar-refractivity contribution in [3.8, 4) is 0 Å². The molecule has 0 saturated carbocycles. The van der Waals surface area contributed by atoms with Crippen molar-refractivity contribution in [3.05, 3.63) is 52.2 Å². The second-order valence-corrected chi connectivity index (χ2v) is 5.72. The minimum absolute atomic E-state index is 0.108. The average Bonchev–Trinajstić information content (AvgIpc) is 2.86. The number of aromatic amines is 1. The fraction of sp³-hybridized carbons (Fsp3) is 0.250. The van der Waals surface area contributed by atoms with Crippen molar-refractivity contribution < 1.29 is 4.79 Å². The lowest BCUT2D eigenvalue weighted by Gasteiger charge is -2.09. The van der Waals surface area contributed by atoms with Crippen LogP contribution in [0.3, 0.4) is 0 Å². The average molecular weight is 327 g/mol. The van der Waals surface area contributed by atoms with Crippen LogP contribution in [0.2, 0.25) is 0 Å². The first-order valence-electron chi connectivity index (χ1n) is 7.31. The molecule has 7 heteroatoms. The molecular formula is C16H17N5OS. The molecule has 0 bridgehead atoms. The number of H-pyrrole nitrogens is 1. The van der Waals surface area contributed by atoms with E-state index in [2.05, 4.69) is 20.5 Å². The van der Waals surface area contributed by atoms with Crippen LogP contribution < -0.4 is 5.32 Å². The number of aromatic nitrogens is 4. The van der Waals surface area contributed by atoms with Gasteiger partial charge in [-0.15, -0.1) is 0 Å². The van der Waals surface area contributed by atoms with Gasteiger partial charge in [0.1, 0.15) is 5.82 Å². The van der Waals surface area contributed by atoms with Crippen molar-refractivity contribution in [1.29, 1.82) is 0 Å². The Morgan fingerprint density at radius 1 is 1.39 bits per heavy atom. The molecule has 0 spiro atoms. The van der Waals surface area contributed by atoms with Gasteiger partial charge in [0.25, 0.3) is 5.91 Å². The fourth-order valence-electron chi connectivity index (χ4n) is 2.48. The van der Waals surface area contributed by atoms with Crippen LogP contribution in [-0.4, -0.2) is 32.2 Å². The Kier molecular flexibility index (Phi) is 4.20. The molecule has 0 fully saturated rings. The lowest BCUT2D eigenvalue weighted by atomic mass is 10.1. The molecule has 0 aliphatic rings. The SMILES string of the molecule is Cc1cc(C(=O)NCCc2n[nH]c(=S)n2C)c2ccccc2n1. The molecule has 1 aromatic carbocycles. The number of rotatable bonds is 4. The molecule has 0 unspecified atom stereocenters. The number of amides is 1. The summed E-state index contributed by atoms with van der Waals surface area (Å²) in [5, 5.41) is 10.7. The number of fused-ring (bicyclic) bond motifs is 1. The first-order chi connectivity index (χ1) is 11.1. The zero-order valence-corrected chi connectivity index (χ0v) is 13.8. The van der Waals surface area contributed by atoms with E-state index in [9.17, 15) is 4.79 Å². The Balaban J connectivity index is 1.76. The molecule has 2 heterocycles. The number of benzene rings is 1. The van der Waals surface area contributed by atoms with Crippen LogP contribution in [0, 0.1) is 11.7 Å². The summed E-state index contributed by atoms with van der Waals surface area (Å²) in [5.74, 6) is 0.703. The predicted octanol–water partition coefficient (Wildman–Crippen LogP) is 2.31. The van der Waals surface area contributed by atoms with Gasteiger partial charge in [0.15, 0.2) is 4.77 Å².